The fourth-order valence-electron chi connectivity index (χ4n) is 2.87. The third kappa shape index (κ3) is 4.26. The average Bonchev–Trinajstić information content (AvgIpc) is 2.45. The molecule has 1 saturated carbocycles. The van der Waals surface area contributed by atoms with Crippen molar-refractivity contribution >= 4 is 5.96 Å². The van der Waals surface area contributed by atoms with Gasteiger partial charge in [-0.25, -0.2) is 0 Å². The lowest BCUT2D eigenvalue weighted by Gasteiger charge is -2.31. The number of alkyl halides is 3. The minimum absolute atomic E-state index is 0.00466. The Morgan fingerprint density at radius 2 is 1.95 bits per heavy atom. The van der Waals surface area contributed by atoms with Gasteiger partial charge in [0.25, 0.3) is 0 Å². The second kappa shape index (κ2) is 6.65. The largest absolute Gasteiger partial charge is 0.391 e. The quantitative estimate of drug-likeness (QED) is 0.626. The molecule has 0 aromatic heterocycles. The zero-order valence-electron chi connectivity index (χ0n) is 11.5. The number of halogens is 3. The summed E-state index contributed by atoms with van der Waals surface area (Å²) in [6.07, 6.45) is -2.20. The molecule has 0 aromatic carbocycles. The van der Waals surface area contributed by atoms with Crippen molar-refractivity contribution < 1.29 is 17.9 Å². The highest BCUT2D eigenvalue weighted by atomic mass is 19.4. The Morgan fingerprint density at radius 1 is 1.25 bits per heavy atom. The molecule has 2 unspecified atom stereocenters. The number of guanidine groups is 1. The van der Waals surface area contributed by atoms with Crippen LogP contribution in [0.5, 0.6) is 0 Å². The summed E-state index contributed by atoms with van der Waals surface area (Å²) in [5.41, 5.74) is 5.88. The highest BCUT2D eigenvalue weighted by Crippen LogP contribution is 2.39. The Morgan fingerprint density at radius 3 is 2.60 bits per heavy atom. The number of hydrogen-bond acceptors (Lipinski definition) is 2. The van der Waals surface area contributed by atoms with Crippen LogP contribution in [0.4, 0.5) is 13.2 Å². The molecule has 1 aliphatic carbocycles. The van der Waals surface area contributed by atoms with Crippen LogP contribution in [0.1, 0.15) is 25.7 Å². The van der Waals surface area contributed by atoms with Crippen molar-refractivity contribution in [2.24, 2.45) is 22.6 Å². The lowest BCUT2D eigenvalue weighted by atomic mass is 9.81. The zero-order valence-corrected chi connectivity index (χ0v) is 11.5. The molecule has 2 rings (SSSR count). The average molecular weight is 293 g/mol. The number of nitrogens with zero attached hydrogens (tertiary/aromatic N) is 2. The van der Waals surface area contributed by atoms with Gasteiger partial charge in [0.15, 0.2) is 5.96 Å². The van der Waals surface area contributed by atoms with E-state index in [-0.39, 0.29) is 18.8 Å². The Labute approximate surface area is 117 Å². The van der Waals surface area contributed by atoms with Crippen LogP contribution in [0.15, 0.2) is 4.99 Å². The van der Waals surface area contributed by atoms with Gasteiger partial charge in [0.05, 0.1) is 19.1 Å². The summed E-state index contributed by atoms with van der Waals surface area (Å²) in [5, 5.41) is 0. The van der Waals surface area contributed by atoms with Gasteiger partial charge in [-0.05, 0) is 25.2 Å². The highest BCUT2D eigenvalue weighted by molar-refractivity contribution is 5.78. The molecule has 20 heavy (non-hydrogen) atoms. The van der Waals surface area contributed by atoms with Gasteiger partial charge in [0, 0.05) is 19.6 Å². The van der Waals surface area contributed by atoms with E-state index >= 15 is 0 Å². The van der Waals surface area contributed by atoms with Gasteiger partial charge >= 0.3 is 6.18 Å². The highest BCUT2D eigenvalue weighted by Gasteiger charge is 2.41. The van der Waals surface area contributed by atoms with Crippen molar-refractivity contribution in [3.05, 3.63) is 0 Å². The first-order chi connectivity index (χ1) is 9.47. The van der Waals surface area contributed by atoms with Gasteiger partial charge in [0.2, 0.25) is 0 Å². The summed E-state index contributed by atoms with van der Waals surface area (Å²) >= 11 is 0. The van der Waals surface area contributed by atoms with Crippen molar-refractivity contribution in [3.63, 3.8) is 0 Å². The number of nitrogens with two attached hydrogens (primary N) is 1. The molecule has 0 aromatic rings. The van der Waals surface area contributed by atoms with E-state index in [9.17, 15) is 13.2 Å². The van der Waals surface area contributed by atoms with Crippen LogP contribution < -0.4 is 5.73 Å². The molecular formula is C13H22F3N3O. The summed E-state index contributed by atoms with van der Waals surface area (Å²) in [6, 6.07) is 0. The SMILES string of the molecule is NC(=NCC1CCCC(C(F)(F)F)C1)N1CCOCC1. The fourth-order valence-corrected chi connectivity index (χ4v) is 2.87. The Kier molecular flexibility index (Phi) is 5.12. The van der Waals surface area contributed by atoms with Crippen molar-refractivity contribution in [3.8, 4) is 0 Å². The van der Waals surface area contributed by atoms with E-state index in [4.69, 9.17) is 10.5 Å². The number of hydrogen-bond donors (Lipinski definition) is 1. The zero-order chi connectivity index (χ0) is 14.6. The molecule has 2 aliphatic rings. The van der Waals surface area contributed by atoms with Crippen LogP contribution in [0.2, 0.25) is 0 Å². The van der Waals surface area contributed by atoms with E-state index in [0.717, 1.165) is 6.42 Å². The first-order valence-corrected chi connectivity index (χ1v) is 7.16. The molecule has 2 atom stereocenters. The molecule has 2 fully saturated rings. The van der Waals surface area contributed by atoms with Gasteiger partial charge in [-0.3, -0.25) is 4.99 Å². The maximum Gasteiger partial charge on any atom is 0.391 e. The Bertz CT molecular complexity index is 340. The molecule has 0 bridgehead atoms. The number of morpholine rings is 1. The standard InChI is InChI=1S/C13H22F3N3O/c14-13(15,16)11-3-1-2-10(8-11)9-18-12(17)19-4-6-20-7-5-19/h10-11H,1-9H2,(H2,17,18). The van der Waals surface area contributed by atoms with E-state index in [2.05, 4.69) is 4.99 Å². The van der Waals surface area contributed by atoms with E-state index < -0.39 is 12.1 Å². The molecule has 1 aliphatic heterocycles. The first-order valence-electron chi connectivity index (χ1n) is 7.16. The van der Waals surface area contributed by atoms with Crippen LogP contribution in [0, 0.1) is 11.8 Å². The second-order valence-electron chi connectivity index (χ2n) is 5.57. The van der Waals surface area contributed by atoms with Crippen LogP contribution in [0.25, 0.3) is 0 Å². The minimum Gasteiger partial charge on any atom is -0.378 e. The van der Waals surface area contributed by atoms with Gasteiger partial charge < -0.3 is 15.4 Å². The van der Waals surface area contributed by atoms with Gasteiger partial charge in [0.1, 0.15) is 0 Å². The fraction of sp³-hybridized carbons (Fsp3) is 0.923. The minimum atomic E-state index is -4.07. The van der Waals surface area contributed by atoms with Gasteiger partial charge in [-0.1, -0.05) is 6.42 Å². The topological polar surface area (TPSA) is 50.8 Å². The molecule has 0 amide bonds. The van der Waals surface area contributed by atoms with E-state index in [0.29, 0.717) is 45.2 Å². The van der Waals surface area contributed by atoms with E-state index in [1.54, 1.807) is 0 Å². The molecule has 7 heteroatoms. The normalized spacial score (nSPS) is 29.6. The monoisotopic (exact) mass is 293 g/mol. The molecule has 116 valence electrons. The summed E-state index contributed by atoms with van der Waals surface area (Å²) in [7, 11) is 0. The predicted octanol–water partition coefficient (Wildman–Crippen LogP) is 2.00. The molecule has 1 heterocycles. The van der Waals surface area contributed by atoms with Gasteiger partial charge in [-0.15, -0.1) is 0 Å². The summed E-state index contributed by atoms with van der Waals surface area (Å²) in [4.78, 5) is 6.21. The smallest absolute Gasteiger partial charge is 0.378 e. The van der Waals surface area contributed by atoms with E-state index in [1.807, 2.05) is 4.90 Å². The second-order valence-corrected chi connectivity index (χ2v) is 5.57. The van der Waals surface area contributed by atoms with Crippen molar-refractivity contribution in [2.75, 3.05) is 32.8 Å². The third-order valence-corrected chi connectivity index (χ3v) is 4.09. The number of aliphatic imine (C=N–C) groups is 1. The number of rotatable bonds is 2. The van der Waals surface area contributed by atoms with Crippen LogP contribution in [-0.2, 0) is 4.74 Å². The molecule has 0 radical (unpaired) electrons. The summed E-state index contributed by atoms with van der Waals surface area (Å²) in [5.74, 6) is -0.738. The Hall–Kier alpha value is -0.980. The third-order valence-electron chi connectivity index (χ3n) is 4.09. The van der Waals surface area contributed by atoms with Crippen LogP contribution in [0.3, 0.4) is 0 Å². The number of ether oxygens (including phenoxy) is 1. The van der Waals surface area contributed by atoms with Crippen LogP contribution >= 0.6 is 0 Å². The van der Waals surface area contributed by atoms with Crippen molar-refractivity contribution in [1.82, 2.24) is 4.90 Å². The summed E-state index contributed by atoms with van der Waals surface area (Å²) in [6.45, 7) is 3.04. The molecule has 4 nitrogen and oxygen atoms in total. The maximum atomic E-state index is 12.7. The van der Waals surface area contributed by atoms with Crippen molar-refractivity contribution in [2.45, 2.75) is 31.9 Å². The maximum absolute atomic E-state index is 12.7. The van der Waals surface area contributed by atoms with E-state index in [1.165, 1.54) is 0 Å². The Balaban J connectivity index is 1.83. The lowest BCUT2D eigenvalue weighted by molar-refractivity contribution is -0.185. The molecular weight excluding hydrogens is 271 g/mol. The van der Waals surface area contributed by atoms with Gasteiger partial charge in [-0.2, -0.15) is 13.2 Å². The van der Waals surface area contributed by atoms with Crippen molar-refractivity contribution in [1.29, 1.82) is 0 Å². The molecule has 1 saturated heterocycles. The molecule has 2 N–H and O–H groups in total. The molecule has 0 spiro atoms. The first kappa shape index (κ1) is 15.4. The predicted molar refractivity (Wildman–Crippen MR) is 70.4 cm³/mol. The summed E-state index contributed by atoms with van der Waals surface area (Å²) < 4.78 is 43.4. The van der Waals surface area contributed by atoms with Crippen LogP contribution in [-0.4, -0.2) is 49.9 Å². The lowest BCUT2D eigenvalue weighted by Crippen LogP contribution is -2.45.